The number of thiocarbonyl (C=S) groups is 1. The maximum absolute atomic E-state index is 12.2. The molecule has 1 amide bonds. The summed E-state index contributed by atoms with van der Waals surface area (Å²) in [6.07, 6.45) is 1.10. The molecule has 1 saturated heterocycles. The first-order valence-electron chi connectivity index (χ1n) is 9.47. The fraction of sp³-hybridized carbons (Fsp3) is 0.381. The predicted octanol–water partition coefficient (Wildman–Crippen LogP) is 3.23. The van der Waals surface area contributed by atoms with Crippen LogP contribution in [0.1, 0.15) is 23.6 Å². The van der Waals surface area contributed by atoms with Gasteiger partial charge in [0.1, 0.15) is 4.32 Å². The third-order valence-corrected chi connectivity index (χ3v) is 6.92. The molecule has 0 saturated carbocycles. The summed E-state index contributed by atoms with van der Waals surface area (Å²) in [5.74, 6) is 0.993. The number of fused-ring (bicyclic) bond motifs is 4. The fourth-order valence-electron chi connectivity index (χ4n) is 4.10. The first-order chi connectivity index (χ1) is 13.5. The fourth-order valence-corrected chi connectivity index (χ4v) is 5.08. The number of rotatable bonds is 3. The normalized spacial score (nSPS) is 20.4. The maximum Gasteiger partial charge on any atom is 0.250 e. The lowest BCUT2D eigenvalue weighted by Crippen LogP contribution is -2.48. The van der Waals surface area contributed by atoms with Gasteiger partial charge in [0, 0.05) is 43.0 Å². The monoisotopic (exact) mass is 413 g/mol. The van der Waals surface area contributed by atoms with Gasteiger partial charge in [0.05, 0.1) is 5.75 Å². The number of aromatic nitrogens is 1. The number of likely N-dealkylation sites (tertiary alicyclic amines) is 1. The van der Waals surface area contributed by atoms with E-state index in [1.807, 2.05) is 41.8 Å². The Bertz CT molecular complexity index is 955. The standard InChI is InChI=1S/C21H23N3O2S2/c1-14-5-7-17(8-6-14)22-19(25)13-28-21(27)23-10-15-9-16(12-23)18-3-2-4-20(26)24(18)11-15/h2-8,15-16H,9-13H2,1H3,(H,22,25)/t15-,16+/m1/s1. The van der Waals surface area contributed by atoms with Crippen molar-refractivity contribution in [3.8, 4) is 0 Å². The smallest absolute Gasteiger partial charge is 0.250 e. The zero-order valence-corrected chi connectivity index (χ0v) is 17.4. The molecule has 1 aromatic heterocycles. The second-order valence-electron chi connectivity index (χ2n) is 7.57. The molecular weight excluding hydrogens is 390 g/mol. The van der Waals surface area contributed by atoms with Crippen LogP contribution in [0.25, 0.3) is 0 Å². The number of hydrogen-bond acceptors (Lipinski definition) is 4. The summed E-state index contributed by atoms with van der Waals surface area (Å²) >= 11 is 7.03. The van der Waals surface area contributed by atoms with Crippen LogP contribution in [0.15, 0.2) is 47.3 Å². The molecule has 7 heteroatoms. The van der Waals surface area contributed by atoms with E-state index in [-0.39, 0.29) is 11.5 Å². The van der Waals surface area contributed by atoms with Gasteiger partial charge in [-0.25, -0.2) is 0 Å². The van der Waals surface area contributed by atoms with E-state index in [1.165, 1.54) is 11.8 Å². The van der Waals surface area contributed by atoms with Crippen molar-refractivity contribution in [2.45, 2.75) is 25.8 Å². The molecule has 0 spiro atoms. The van der Waals surface area contributed by atoms with Gasteiger partial charge >= 0.3 is 0 Å². The highest BCUT2D eigenvalue weighted by Crippen LogP contribution is 2.36. The van der Waals surface area contributed by atoms with Crippen LogP contribution in [0.4, 0.5) is 5.69 Å². The third kappa shape index (κ3) is 4.15. The van der Waals surface area contributed by atoms with Crippen molar-refractivity contribution in [1.82, 2.24) is 9.47 Å². The molecule has 146 valence electrons. The minimum Gasteiger partial charge on any atom is -0.356 e. The molecule has 2 atom stereocenters. The number of piperidine rings is 1. The summed E-state index contributed by atoms with van der Waals surface area (Å²) in [5, 5.41) is 2.91. The number of aryl methyl sites for hydroxylation is 1. The second kappa shape index (κ2) is 8.09. The van der Waals surface area contributed by atoms with Gasteiger partial charge in [-0.15, -0.1) is 0 Å². The molecular formula is C21H23N3O2S2. The number of carbonyl (C=O) groups is 1. The lowest BCUT2D eigenvalue weighted by atomic mass is 9.83. The number of carbonyl (C=O) groups excluding carboxylic acids is 1. The summed E-state index contributed by atoms with van der Waals surface area (Å²) in [6, 6.07) is 13.3. The van der Waals surface area contributed by atoms with Crippen LogP contribution in [0, 0.1) is 12.8 Å². The van der Waals surface area contributed by atoms with Crippen molar-refractivity contribution in [3.63, 3.8) is 0 Å². The van der Waals surface area contributed by atoms with Crippen LogP contribution in [0.2, 0.25) is 0 Å². The summed E-state index contributed by atoms with van der Waals surface area (Å²) in [7, 11) is 0. The topological polar surface area (TPSA) is 54.3 Å². The molecule has 1 aromatic carbocycles. The van der Waals surface area contributed by atoms with Crippen molar-refractivity contribution in [2.75, 3.05) is 24.2 Å². The van der Waals surface area contributed by atoms with E-state index in [4.69, 9.17) is 12.2 Å². The number of benzene rings is 1. The molecule has 2 aliphatic heterocycles. The first kappa shape index (κ1) is 19.2. The quantitative estimate of drug-likeness (QED) is 0.783. The molecule has 0 aliphatic carbocycles. The number of amides is 1. The second-order valence-corrected chi connectivity index (χ2v) is 9.18. The number of nitrogens with zero attached hydrogens (tertiary/aromatic N) is 2. The summed E-state index contributed by atoms with van der Waals surface area (Å²) < 4.78 is 2.68. The Kier molecular flexibility index (Phi) is 5.55. The average molecular weight is 414 g/mol. The molecule has 5 nitrogen and oxygen atoms in total. The van der Waals surface area contributed by atoms with Crippen molar-refractivity contribution in [1.29, 1.82) is 0 Å². The van der Waals surface area contributed by atoms with Gasteiger partial charge in [0.25, 0.3) is 5.56 Å². The Labute approximate surface area is 174 Å². The lowest BCUT2D eigenvalue weighted by Gasteiger charge is -2.43. The average Bonchev–Trinajstić information content (AvgIpc) is 2.68. The zero-order valence-electron chi connectivity index (χ0n) is 15.8. The van der Waals surface area contributed by atoms with E-state index >= 15 is 0 Å². The van der Waals surface area contributed by atoms with Gasteiger partial charge in [-0.2, -0.15) is 0 Å². The molecule has 3 heterocycles. The Morgan fingerprint density at radius 2 is 1.96 bits per heavy atom. The van der Waals surface area contributed by atoms with E-state index in [0.717, 1.165) is 47.3 Å². The van der Waals surface area contributed by atoms with Crippen LogP contribution in [0.3, 0.4) is 0 Å². The van der Waals surface area contributed by atoms with Crippen LogP contribution >= 0.6 is 24.0 Å². The molecule has 2 bridgehead atoms. The van der Waals surface area contributed by atoms with E-state index in [9.17, 15) is 9.59 Å². The lowest BCUT2D eigenvalue weighted by molar-refractivity contribution is -0.113. The number of pyridine rings is 1. The summed E-state index contributed by atoms with van der Waals surface area (Å²) in [5.41, 5.74) is 3.16. The minimum absolute atomic E-state index is 0.0506. The molecule has 2 aromatic rings. The molecule has 4 rings (SSSR count). The van der Waals surface area contributed by atoms with Crippen molar-refractivity contribution >= 4 is 39.9 Å². The van der Waals surface area contributed by atoms with E-state index < -0.39 is 0 Å². The largest absolute Gasteiger partial charge is 0.356 e. The predicted molar refractivity (Wildman–Crippen MR) is 118 cm³/mol. The Morgan fingerprint density at radius 1 is 1.18 bits per heavy atom. The summed E-state index contributed by atoms with van der Waals surface area (Å²) in [6.45, 7) is 4.43. The van der Waals surface area contributed by atoms with Gasteiger partial charge in [0.2, 0.25) is 5.91 Å². The number of thioether (sulfide) groups is 1. The zero-order chi connectivity index (χ0) is 19.7. The SMILES string of the molecule is Cc1ccc(NC(=O)CSC(=S)N2C[C@H]3C[C@@H](C2)c2cccc(=O)n2C3)cc1. The van der Waals surface area contributed by atoms with E-state index in [2.05, 4.69) is 16.3 Å². The highest BCUT2D eigenvalue weighted by atomic mass is 32.2. The van der Waals surface area contributed by atoms with Gasteiger partial charge in [0.15, 0.2) is 0 Å². The van der Waals surface area contributed by atoms with Gasteiger partial charge < -0.3 is 14.8 Å². The molecule has 2 aliphatic rings. The highest BCUT2D eigenvalue weighted by molar-refractivity contribution is 8.23. The first-order valence-corrected chi connectivity index (χ1v) is 10.9. The summed E-state index contributed by atoms with van der Waals surface area (Å²) in [4.78, 5) is 26.6. The van der Waals surface area contributed by atoms with Gasteiger partial charge in [-0.3, -0.25) is 9.59 Å². The Morgan fingerprint density at radius 3 is 2.75 bits per heavy atom. The number of anilines is 1. The maximum atomic E-state index is 12.2. The van der Waals surface area contributed by atoms with Gasteiger partial charge in [-0.1, -0.05) is 47.7 Å². The number of nitrogens with one attached hydrogen (secondary N) is 1. The van der Waals surface area contributed by atoms with Crippen molar-refractivity contribution in [3.05, 3.63) is 64.1 Å². The van der Waals surface area contributed by atoms with Crippen LogP contribution in [-0.2, 0) is 11.3 Å². The highest BCUT2D eigenvalue weighted by Gasteiger charge is 2.35. The molecule has 1 fully saturated rings. The minimum atomic E-state index is -0.0506. The number of hydrogen-bond donors (Lipinski definition) is 1. The molecule has 1 N–H and O–H groups in total. The van der Waals surface area contributed by atoms with Crippen molar-refractivity contribution in [2.24, 2.45) is 5.92 Å². The third-order valence-electron chi connectivity index (χ3n) is 5.40. The van der Waals surface area contributed by atoms with Crippen LogP contribution < -0.4 is 10.9 Å². The Balaban J connectivity index is 1.34. The van der Waals surface area contributed by atoms with Crippen LogP contribution in [-0.4, -0.2) is 38.5 Å². The van der Waals surface area contributed by atoms with Gasteiger partial charge in [-0.05, 0) is 37.5 Å². The molecule has 0 unspecified atom stereocenters. The van der Waals surface area contributed by atoms with Crippen LogP contribution in [0.5, 0.6) is 0 Å². The van der Waals surface area contributed by atoms with Crippen molar-refractivity contribution < 1.29 is 4.79 Å². The van der Waals surface area contributed by atoms with E-state index in [0.29, 0.717) is 17.6 Å². The Hall–Kier alpha value is -2.12. The molecule has 28 heavy (non-hydrogen) atoms. The van der Waals surface area contributed by atoms with E-state index in [1.54, 1.807) is 6.07 Å². The molecule has 0 radical (unpaired) electrons.